The highest BCUT2D eigenvalue weighted by atomic mass is 127. The summed E-state index contributed by atoms with van der Waals surface area (Å²) in [5.41, 5.74) is 0.764. The van der Waals surface area contributed by atoms with Crippen molar-refractivity contribution >= 4 is 28.6 Å². The largest absolute Gasteiger partial charge is 0.478 e. The smallest absolute Gasteiger partial charge is 0.337 e. The SMILES string of the molecule is O=C(O)c1cc(I)ccc1-n1nnnc1C1CCCCC1. The Bertz CT molecular complexity index is 665. The van der Waals surface area contributed by atoms with Gasteiger partial charge >= 0.3 is 5.97 Å². The Morgan fingerprint density at radius 2 is 2.05 bits per heavy atom. The van der Waals surface area contributed by atoms with Crippen molar-refractivity contribution in [2.24, 2.45) is 0 Å². The molecule has 0 atom stereocenters. The van der Waals surface area contributed by atoms with Gasteiger partial charge in [0, 0.05) is 9.49 Å². The quantitative estimate of drug-likeness (QED) is 0.805. The Morgan fingerprint density at radius 1 is 1.29 bits per heavy atom. The highest BCUT2D eigenvalue weighted by Gasteiger charge is 2.24. The number of hydrogen-bond acceptors (Lipinski definition) is 4. The van der Waals surface area contributed by atoms with E-state index in [1.165, 1.54) is 19.3 Å². The number of benzene rings is 1. The minimum Gasteiger partial charge on any atom is -0.478 e. The van der Waals surface area contributed by atoms with Gasteiger partial charge in [0.15, 0.2) is 5.82 Å². The third-order valence-electron chi connectivity index (χ3n) is 3.88. The average Bonchev–Trinajstić information content (AvgIpc) is 2.97. The normalized spacial score (nSPS) is 16.0. The molecule has 0 spiro atoms. The number of nitrogens with zero attached hydrogens (tertiary/aromatic N) is 4. The molecule has 0 saturated heterocycles. The fourth-order valence-corrected chi connectivity index (χ4v) is 3.34. The third-order valence-corrected chi connectivity index (χ3v) is 4.55. The van der Waals surface area contributed by atoms with Gasteiger partial charge in [-0.25, -0.2) is 4.79 Å². The van der Waals surface area contributed by atoms with Gasteiger partial charge in [0.1, 0.15) is 0 Å². The molecule has 1 fully saturated rings. The summed E-state index contributed by atoms with van der Waals surface area (Å²) in [6, 6.07) is 5.28. The molecule has 6 nitrogen and oxygen atoms in total. The van der Waals surface area contributed by atoms with E-state index in [9.17, 15) is 9.90 Å². The lowest BCUT2D eigenvalue weighted by Gasteiger charge is -2.20. The number of aromatic nitrogens is 4. The second-order valence-electron chi connectivity index (χ2n) is 5.25. The van der Waals surface area contributed by atoms with Crippen LogP contribution in [0.25, 0.3) is 5.69 Å². The van der Waals surface area contributed by atoms with E-state index < -0.39 is 5.97 Å². The number of carboxylic acids is 1. The van der Waals surface area contributed by atoms with E-state index in [0.717, 1.165) is 22.2 Å². The van der Waals surface area contributed by atoms with Crippen LogP contribution in [0.15, 0.2) is 18.2 Å². The molecule has 7 heteroatoms. The van der Waals surface area contributed by atoms with Crippen LogP contribution < -0.4 is 0 Å². The van der Waals surface area contributed by atoms with Crippen molar-refractivity contribution in [2.75, 3.05) is 0 Å². The first-order valence-electron chi connectivity index (χ1n) is 6.98. The summed E-state index contributed by atoms with van der Waals surface area (Å²) >= 11 is 2.10. The standard InChI is InChI=1S/C14H15IN4O2/c15-10-6-7-12(11(8-10)14(20)21)19-13(16-17-18-19)9-4-2-1-3-5-9/h6-9H,1-5H2,(H,20,21). The fraction of sp³-hybridized carbons (Fsp3) is 0.429. The van der Waals surface area contributed by atoms with E-state index in [0.29, 0.717) is 11.6 Å². The number of carbonyl (C=O) groups is 1. The molecule has 0 amide bonds. The van der Waals surface area contributed by atoms with E-state index >= 15 is 0 Å². The van der Waals surface area contributed by atoms with Gasteiger partial charge in [-0.3, -0.25) is 0 Å². The Balaban J connectivity index is 2.05. The fourth-order valence-electron chi connectivity index (χ4n) is 2.85. The lowest BCUT2D eigenvalue weighted by Crippen LogP contribution is -2.14. The summed E-state index contributed by atoms with van der Waals surface area (Å²) < 4.78 is 2.47. The number of rotatable bonds is 3. The molecule has 1 aromatic carbocycles. The van der Waals surface area contributed by atoms with E-state index in [4.69, 9.17) is 0 Å². The van der Waals surface area contributed by atoms with Crippen molar-refractivity contribution in [3.63, 3.8) is 0 Å². The van der Waals surface area contributed by atoms with Gasteiger partial charge in [0.25, 0.3) is 0 Å². The van der Waals surface area contributed by atoms with Crippen LogP contribution >= 0.6 is 22.6 Å². The first-order chi connectivity index (χ1) is 10.2. The van der Waals surface area contributed by atoms with Crippen LogP contribution in [0.5, 0.6) is 0 Å². The maximum atomic E-state index is 11.5. The molecular formula is C14H15IN4O2. The predicted molar refractivity (Wildman–Crippen MR) is 84.7 cm³/mol. The Labute approximate surface area is 135 Å². The Hall–Kier alpha value is -1.51. The van der Waals surface area contributed by atoms with Crippen molar-refractivity contribution in [1.82, 2.24) is 20.2 Å². The molecule has 0 radical (unpaired) electrons. The molecule has 1 saturated carbocycles. The third kappa shape index (κ3) is 2.92. The van der Waals surface area contributed by atoms with Crippen LogP contribution in [0.1, 0.15) is 54.2 Å². The van der Waals surface area contributed by atoms with Crippen LogP contribution in [0.4, 0.5) is 0 Å². The second kappa shape index (κ2) is 6.08. The van der Waals surface area contributed by atoms with Gasteiger partial charge < -0.3 is 5.11 Å². The van der Waals surface area contributed by atoms with Gasteiger partial charge in [-0.2, -0.15) is 4.68 Å². The zero-order valence-electron chi connectivity index (χ0n) is 11.4. The van der Waals surface area contributed by atoms with Gasteiger partial charge in [-0.15, -0.1) is 5.10 Å². The molecular weight excluding hydrogens is 383 g/mol. The summed E-state index contributed by atoms with van der Waals surface area (Å²) in [6.07, 6.45) is 5.73. The van der Waals surface area contributed by atoms with E-state index in [2.05, 4.69) is 38.1 Å². The molecule has 21 heavy (non-hydrogen) atoms. The number of aromatic carboxylic acids is 1. The molecule has 0 unspecified atom stereocenters. The molecule has 1 N–H and O–H groups in total. The molecule has 1 aromatic heterocycles. The number of tetrazole rings is 1. The van der Waals surface area contributed by atoms with Crippen molar-refractivity contribution in [3.05, 3.63) is 33.2 Å². The minimum atomic E-state index is -0.964. The Kier molecular flexibility index (Phi) is 4.18. The zero-order valence-corrected chi connectivity index (χ0v) is 13.5. The first kappa shape index (κ1) is 14.4. The van der Waals surface area contributed by atoms with Gasteiger partial charge in [-0.05, 0) is 64.1 Å². The van der Waals surface area contributed by atoms with Crippen LogP contribution in [-0.4, -0.2) is 31.3 Å². The average molecular weight is 398 g/mol. The highest BCUT2D eigenvalue weighted by molar-refractivity contribution is 14.1. The molecule has 3 rings (SSSR count). The van der Waals surface area contributed by atoms with Crippen molar-refractivity contribution in [3.8, 4) is 5.69 Å². The lowest BCUT2D eigenvalue weighted by atomic mass is 9.88. The van der Waals surface area contributed by atoms with Crippen molar-refractivity contribution in [1.29, 1.82) is 0 Å². The number of carboxylic acid groups (broad SMARTS) is 1. The monoisotopic (exact) mass is 398 g/mol. The molecule has 1 heterocycles. The van der Waals surface area contributed by atoms with E-state index in [-0.39, 0.29) is 5.56 Å². The van der Waals surface area contributed by atoms with Crippen molar-refractivity contribution in [2.45, 2.75) is 38.0 Å². The maximum Gasteiger partial charge on any atom is 0.337 e. The summed E-state index contributed by atoms with van der Waals surface area (Å²) in [7, 11) is 0. The lowest BCUT2D eigenvalue weighted by molar-refractivity contribution is 0.0696. The molecule has 1 aliphatic rings. The molecule has 0 aliphatic heterocycles. The summed E-state index contributed by atoms with van der Waals surface area (Å²) in [5, 5.41) is 21.3. The number of hydrogen-bond donors (Lipinski definition) is 1. The maximum absolute atomic E-state index is 11.5. The predicted octanol–water partition coefficient (Wildman–Crippen LogP) is 3.01. The summed E-state index contributed by atoms with van der Waals surface area (Å²) in [4.78, 5) is 11.5. The highest BCUT2D eigenvalue weighted by Crippen LogP contribution is 2.32. The summed E-state index contributed by atoms with van der Waals surface area (Å²) in [5.74, 6) is 0.127. The molecule has 1 aliphatic carbocycles. The molecule has 0 bridgehead atoms. The van der Waals surface area contributed by atoms with Crippen LogP contribution in [0.2, 0.25) is 0 Å². The first-order valence-corrected chi connectivity index (χ1v) is 8.06. The van der Waals surface area contributed by atoms with Gasteiger partial charge in [-0.1, -0.05) is 19.3 Å². The van der Waals surface area contributed by atoms with Crippen LogP contribution in [0, 0.1) is 3.57 Å². The van der Waals surface area contributed by atoms with Crippen LogP contribution in [0.3, 0.4) is 0 Å². The zero-order chi connectivity index (χ0) is 14.8. The molecule has 110 valence electrons. The number of halogens is 1. The van der Waals surface area contributed by atoms with E-state index in [1.807, 2.05) is 6.07 Å². The summed E-state index contributed by atoms with van der Waals surface area (Å²) in [6.45, 7) is 0. The van der Waals surface area contributed by atoms with E-state index in [1.54, 1.807) is 16.8 Å². The molecule has 2 aromatic rings. The van der Waals surface area contributed by atoms with Crippen LogP contribution in [-0.2, 0) is 0 Å². The van der Waals surface area contributed by atoms with Gasteiger partial charge in [0.2, 0.25) is 0 Å². The second-order valence-corrected chi connectivity index (χ2v) is 6.50. The topological polar surface area (TPSA) is 80.9 Å². The van der Waals surface area contributed by atoms with Gasteiger partial charge in [0.05, 0.1) is 11.3 Å². The Morgan fingerprint density at radius 3 is 2.76 bits per heavy atom. The minimum absolute atomic E-state index is 0.228. The van der Waals surface area contributed by atoms with Crippen molar-refractivity contribution < 1.29 is 9.90 Å².